The van der Waals surface area contributed by atoms with Crippen LogP contribution in [0.15, 0.2) is 72.2 Å². The number of aliphatic imine (C=N–C) groups is 1. The molecule has 1 atom stereocenters. The second-order valence-electron chi connectivity index (χ2n) is 8.27. The number of nitrogens with zero attached hydrogens (tertiary/aromatic N) is 3. The molecule has 32 heavy (non-hydrogen) atoms. The van der Waals surface area contributed by atoms with Gasteiger partial charge in [-0.05, 0) is 42.0 Å². The maximum absolute atomic E-state index is 5.87. The third kappa shape index (κ3) is 6.32. The number of aromatic nitrogens is 2. The fraction of sp³-hybridized carbons (Fsp3) is 0.360. The van der Waals surface area contributed by atoms with Crippen molar-refractivity contribution < 1.29 is 4.74 Å². The van der Waals surface area contributed by atoms with E-state index in [2.05, 4.69) is 80.6 Å². The Bertz CT molecular complexity index is 995. The van der Waals surface area contributed by atoms with Gasteiger partial charge in [0.25, 0.3) is 0 Å². The number of guanidine groups is 1. The third-order valence-electron chi connectivity index (χ3n) is 5.81. The van der Waals surface area contributed by atoms with E-state index in [1.165, 1.54) is 22.3 Å². The van der Waals surface area contributed by atoms with Crippen molar-refractivity contribution in [3.8, 4) is 11.1 Å². The van der Waals surface area contributed by atoms with Crippen LogP contribution in [0.4, 0.5) is 0 Å². The molecule has 4 rings (SSSR count). The van der Waals surface area contributed by atoms with Gasteiger partial charge in [-0.25, -0.2) is 4.98 Å². The van der Waals surface area contributed by atoms with E-state index in [0.717, 1.165) is 38.5 Å². The Labute approximate surface area is 207 Å². The maximum Gasteiger partial charge on any atom is 0.191 e. The minimum Gasteiger partial charge on any atom is -0.373 e. The predicted molar refractivity (Wildman–Crippen MR) is 140 cm³/mol. The standard InChI is InChI=1S/C25H31N5O.HI/c1-25(12-5-15-31-25)18-29-24(26-2)28-16-22-6-3-4-7-23(22)21-10-8-20(9-11-21)17-30-14-13-27-19-30;/h3-4,6-11,13-14,19H,5,12,15-18H2,1-2H3,(H2,26,28,29);1H. The molecular weight excluding hydrogens is 513 g/mol. The zero-order chi connectivity index (χ0) is 21.5. The molecular formula is C25H32IN5O. The fourth-order valence-electron chi connectivity index (χ4n) is 3.98. The van der Waals surface area contributed by atoms with Gasteiger partial charge in [0.2, 0.25) is 0 Å². The highest BCUT2D eigenvalue weighted by molar-refractivity contribution is 14.0. The molecule has 1 aliphatic rings. The Morgan fingerprint density at radius 3 is 2.66 bits per heavy atom. The van der Waals surface area contributed by atoms with Crippen LogP contribution in [0.2, 0.25) is 0 Å². The van der Waals surface area contributed by atoms with Crippen molar-refractivity contribution in [2.45, 2.75) is 38.5 Å². The molecule has 2 heterocycles. The molecule has 0 spiro atoms. The van der Waals surface area contributed by atoms with E-state index in [4.69, 9.17) is 4.74 Å². The normalized spacial score (nSPS) is 18.2. The van der Waals surface area contributed by atoms with Crippen molar-refractivity contribution in [1.29, 1.82) is 0 Å². The van der Waals surface area contributed by atoms with Crippen molar-refractivity contribution >= 4 is 29.9 Å². The molecule has 0 aliphatic carbocycles. The molecule has 2 N–H and O–H groups in total. The number of nitrogens with one attached hydrogen (secondary N) is 2. The first-order chi connectivity index (χ1) is 15.1. The molecule has 3 aromatic rings. The van der Waals surface area contributed by atoms with Crippen LogP contribution in [0.1, 0.15) is 30.9 Å². The number of hydrogen-bond acceptors (Lipinski definition) is 3. The van der Waals surface area contributed by atoms with Crippen LogP contribution < -0.4 is 10.6 Å². The predicted octanol–water partition coefficient (Wildman–Crippen LogP) is 4.45. The van der Waals surface area contributed by atoms with Gasteiger partial charge in [-0.1, -0.05) is 48.5 Å². The lowest BCUT2D eigenvalue weighted by molar-refractivity contribution is 0.0243. The van der Waals surface area contributed by atoms with Gasteiger partial charge in [-0.3, -0.25) is 4.99 Å². The minimum absolute atomic E-state index is 0. The number of benzene rings is 2. The summed E-state index contributed by atoms with van der Waals surface area (Å²) >= 11 is 0. The molecule has 0 radical (unpaired) electrons. The first-order valence-electron chi connectivity index (χ1n) is 10.9. The summed E-state index contributed by atoms with van der Waals surface area (Å²) in [4.78, 5) is 8.49. The lowest BCUT2D eigenvalue weighted by atomic mass is 9.98. The van der Waals surface area contributed by atoms with E-state index >= 15 is 0 Å². The SMILES string of the molecule is CN=C(NCc1ccccc1-c1ccc(Cn2ccnc2)cc1)NCC1(C)CCCO1.I. The van der Waals surface area contributed by atoms with E-state index in [-0.39, 0.29) is 29.6 Å². The Balaban J connectivity index is 0.00000289. The van der Waals surface area contributed by atoms with E-state index in [1.54, 1.807) is 13.2 Å². The Hall–Kier alpha value is -2.39. The fourth-order valence-corrected chi connectivity index (χ4v) is 3.98. The molecule has 1 fully saturated rings. The monoisotopic (exact) mass is 545 g/mol. The van der Waals surface area contributed by atoms with E-state index in [0.29, 0.717) is 6.54 Å². The number of imidazole rings is 1. The summed E-state index contributed by atoms with van der Waals surface area (Å²) in [5, 5.41) is 6.87. The number of hydrogen-bond donors (Lipinski definition) is 2. The van der Waals surface area contributed by atoms with E-state index in [1.807, 2.05) is 12.5 Å². The lowest BCUT2D eigenvalue weighted by Gasteiger charge is -2.24. The van der Waals surface area contributed by atoms with Crippen LogP contribution in [-0.2, 0) is 17.8 Å². The second kappa shape index (κ2) is 11.5. The quantitative estimate of drug-likeness (QED) is 0.262. The average molecular weight is 545 g/mol. The van der Waals surface area contributed by atoms with Gasteiger partial charge in [-0.2, -0.15) is 0 Å². The summed E-state index contributed by atoms with van der Waals surface area (Å²) in [6, 6.07) is 17.3. The molecule has 1 saturated heterocycles. The van der Waals surface area contributed by atoms with Crippen molar-refractivity contribution in [3.63, 3.8) is 0 Å². The largest absolute Gasteiger partial charge is 0.373 e. The summed E-state index contributed by atoms with van der Waals surface area (Å²) in [6.45, 7) is 5.29. The number of halogens is 1. The summed E-state index contributed by atoms with van der Waals surface area (Å²) < 4.78 is 7.94. The van der Waals surface area contributed by atoms with E-state index in [9.17, 15) is 0 Å². The molecule has 0 saturated carbocycles. The van der Waals surface area contributed by atoms with Gasteiger partial charge >= 0.3 is 0 Å². The second-order valence-corrected chi connectivity index (χ2v) is 8.27. The van der Waals surface area contributed by atoms with Crippen molar-refractivity contribution in [2.24, 2.45) is 4.99 Å². The molecule has 2 aromatic carbocycles. The number of ether oxygens (including phenoxy) is 1. The van der Waals surface area contributed by atoms with Crippen molar-refractivity contribution in [3.05, 3.63) is 78.4 Å². The minimum atomic E-state index is -0.103. The Morgan fingerprint density at radius 1 is 1.16 bits per heavy atom. The van der Waals surface area contributed by atoms with Crippen molar-refractivity contribution in [2.75, 3.05) is 20.2 Å². The van der Waals surface area contributed by atoms with Crippen LogP contribution in [-0.4, -0.2) is 41.3 Å². The summed E-state index contributed by atoms with van der Waals surface area (Å²) in [5.74, 6) is 0.794. The number of rotatable bonds is 7. The Kier molecular flexibility index (Phi) is 8.69. The highest BCUT2D eigenvalue weighted by Crippen LogP contribution is 2.25. The summed E-state index contributed by atoms with van der Waals surface area (Å²) in [5.41, 5.74) is 4.82. The molecule has 0 bridgehead atoms. The van der Waals surface area contributed by atoms with Crippen molar-refractivity contribution in [1.82, 2.24) is 20.2 Å². The Morgan fingerprint density at radius 2 is 1.97 bits per heavy atom. The zero-order valence-electron chi connectivity index (χ0n) is 18.8. The first-order valence-corrected chi connectivity index (χ1v) is 10.9. The summed E-state index contributed by atoms with van der Waals surface area (Å²) in [7, 11) is 1.80. The molecule has 170 valence electrons. The highest BCUT2D eigenvalue weighted by atomic mass is 127. The summed E-state index contributed by atoms with van der Waals surface area (Å²) in [6.07, 6.45) is 7.83. The molecule has 1 aliphatic heterocycles. The first kappa shape index (κ1) is 24.3. The topological polar surface area (TPSA) is 63.5 Å². The third-order valence-corrected chi connectivity index (χ3v) is 5.81. The van der Waals surface area contributed by atoms with Gasteiger partial charge in [0.1, 0.15) is 0 Å². The highest BCUT2D eigenvalue weighted by Gasteiger charge is 2.29. The average Bonchev–Trinajstić information content (AvgIpc) is 3.47. The van der Waals surface area contributed by atoms with Crippen LogP contribution in [0.5, 0.6) is 0 Å². The van der Waals surface area contributed by atoms with Gasteiger partial charge in [-0.15, -0.1) is 24.0 Å². The maximum atomic E-state index is 5.87. The molecule has 0 amide bonds. The van der Waals surface area contributed by atoms with Gasteiger partial charge in [0, 0.05) is 45.7 Å². The van der Waals surface area contributed by atoms with E-state index < -0.39 is 0 Å². The van der Waals surface area contributed by atoms with Crippen LogP contribution in [0, 0.1) is 0 Å². The van der Waals surface area contributed by atoms with Crippen LogP contribution in [0.3, 0.4) is 0 Å². The van der Waals surface area contributed by atoms with Crippen LogP contribution >= 0.6 is 24.0 Å². The molecule has 7 heteroatoms. The lowest BCUT2D eigenvalue weighted by Crippen LogP contribution is -2.45. The van der Waals surface area contributed by atoms with Gasteiger partial charge in [0.05, 0.1) is 11.9 Å². The molecule has 6 nitrogen and oxygen atoms in total. The van der Waals surface area contributed by atoms with Gasteiger partial charge in [0.15, 0.2) is 5.96 Å². The van der Waals surface area contributed by atoms with Gasteiger partial charge < -0.3 is 19.9 Å². The smallest absolute Gasteiger partial charge is 0.191 e. The molecule has 1 aromatic heterocycles. The molecule has 1 unspecified atom stereocenters. The zero-order valence-corrected chi connectivity index (χ0v) is 21.1. The van der Waals surface area contributed by atoms with Crippen LogP contribution in [0.25, 0.3) is 11.1 Å².